The van der Waals surface area contributed by atoms with Crippen LogP contribution in [0.2, 0.25) is 5.02 Å². The Morgan fingerprint density at radius 3 is 2.37 bits per heavy atom. The van der Waals surface area contributed by atoms with Crippen LogP contribution in [0.25, 0.3) is 0 Å². The third-order valence-electron chi connectivity index (χ3n) is 3.54. The summed E-state index contributed by atoms with van der Waals surface area (Å²) >= 11 is 5.90. The van der Waals surface area contributed by atoms with Gasteiger partial charge in [0.2, 0.25) is 0 Å². The number of hydrogen-bond acceptors (Lipinski definition) is 3. The predicted octanol–water partition coefficient (Wildman–Crippen LogP) is 2.81. The van der Waals surface area contributed by atoms with Crippen molar-refractivity contribution in [2.75, 3.05) is 11.5 Å². The molecule has 1 fully saturated rings. The van der Waals surface area contributed by atoms with Crippen molar-refractivity contribution in [3.8, 4) is 0 Å². The summed E-state index contributed by atoms with van der Waals surface area (Å²) in [5.41, 5.74) is 1.16. The molecule has 1 N–H and O–H groups in total. The van der Waals surface area contributed by atoms with Crippen LogP contribution in [0.15, 0.2) is 24.3 Å². The summed E-state index contributed by atoms with van der Waals surface area (Å²) in [5, 5.41) is 4.20. The lowest BCUT2D eigenvalue weighted by molar-refractivity contribution is 0.372. The van der Waals surface area contributed by atoms with E-state index in [4.69, 9.17) is 11.6 Å². The van der Waals surface area contributed by atoms with Crippen LogP contribution in [0.3, 0.4) is 0 Å². The molecule has 5 heteroatoms. The summed E-state index contributed by atoms with van der Waals surface area (Å²) in [6.45, 7) is 4.27. The van der Waals surface area contributed by atoms with Crippen LogP contribution in [0.5, 0.6) is 0 Å². The zero-order valence-electron chi connectivity index (χ0n) is 11.3. The second-order valence-electron chi connectivity index (χ2n) is 5.54. The molecule has 1 aliphatic rings. The molecule has 1 aliphatic heterocycles. The number of benzene rings is 1. The summed E-state index contributed by atoms with van der Waals surface area (Å²) < 4.78 is 23.0. The highest BCUT2D eigenvalue weighted by atomic mass is 35.5. The Balaban J connectivity index is 2.11. The van der Waals surface area contributed by atoms with E-state index in [0.29, 0.717) is 18.1 Å². The maximum atomic E-state index is 11.5. The van der Waals surface area contributed by atoms with Crippen LogP contribution in [-0.4, -0.2) is 26.0 Å². The molecule has 0 saturated carbocycles. The quantitative estimate of drug-likeness (QED) is 0.930. The molecule has 2 rings (SSSR count). The third-order valence-corrected chi connectivity index (χ3v) is 5.56. The summed E-state index contributed by atoms with van der Waals surface area (Å²) in [6.07, 6.45) is 0.707. The highest BCUT2D eigenvalue weighted by Crippen LogP contribution is 2.25. The lowest BCUT2D eigenvalue weighted by Gasteiger charge is -2.26. The summed E-state index contributed by atoms with van der Waals surface area (Å²) in [4.78, 5) is 0. The molecule has 1 heterocycles. The first-order valence-electron chi connectivity index (χ1n) is 6.59. The average Bonchev–Trinajstić information content (AvgIpc) is 2.67. The normalized spacial score (nSPS) is 23.7. The van der Waals surface area contributed by atoms with Gasteiger partial charge < -0.3 is 5.32 Å². The van der Waals surface area contributed by atoms with Crippen molar-refractivity contribution in [3.63, 3.8) is 0 Å². The highest BCUT2D eigenvalue weighted by Gasteiger charge is 2.30. The molecule has 2 atom stereocenters. The molecule has 0 aliphatic carbocycles. The van der Waals surface area contributed by atoms with Crippen molar-refractivity contribution in [1.29, 1.82) is 0 Å². The predicted molar refractivity (Wildman–Crippen MR) is 79.2 cm³/mol. The van der Waals surface area contributed by atoms with E-state index >= 15 is 0 Å². The number of hydrogen-bond donors (Lipinski definition) is 1. The van der Waals surface area contributed by atoms with Gasteiger partial charge in [-0.1, -0.05) is 37.6 Å². The largest absolute Gasteiger partial charge is 0.306 e. The first kappa shape index (κ1) is 14.8. The Kier molecular flexibility index (Phi) is 4.54. The van der Waals surface area contributed by atoms with E-state index in [1.165, 1.54) is 0 Å². The van der Waals surface area contributed by atoms with Gasteiger partial charge in [-0.15, -0.1) is 0 Å². The summed E-state index contributed by atoms with van der Waals surface area (Å²) in [7, 11) is -2.84. The fraction of sp³-hybridized carbons (Fsp3) is 0.571. The smallest absolute Gasteiger partial charge is 0.151 e. The van der Waals surface area contributed by atoms with Crippen molar-refractivity contribution in [1.82, 2.24) is 5.32 Å². The maximum Gasteiger partial charge on any atom is 0.151 e. The molecule has 0 bridgehead atoms. The minimum Gasteiger partial charge on any atom is -0.306 e. The van der Waals surface area contributed by atoms with E-state index < -0.39 is 9.84 Å². The van der Waals surface area contributed by atoms with Crippen LogP contribution in [0, 0.1) is 5.92 Å². The first-order chi connectivity index (χ1) is 8.87. The molecule has 106 valence electrons. The van der Waals surface area contributed by atoms with Gasteiger partial charge in [0.05, 0.1) is 11.5 Å². The molecule has 0 amide bonds. The molecular weight excluding hydrogens is 282 g/mol. The van der Waals surface area contributed by atoms with E-state index in [9.17, 15) is 8.42 Å². The van der Waals surface area contributed by atoms with E-state index in [-0.39, 0.29) is 17.8 Å². The van der Waals surface area contributed by atoms with Crippen molar-refractivity contribution in [2.45, 2.75) is 32.4 Å². The van der Waals surface area contributed by atoms with Crippen LogP contribution < -0.4 is 5.32 Å². The van der Waals surface area contributed by atoms with Gasteiger partial charge >= 0.3 is 0 Å². The molecule has 1 saturated heterocycles. The Labute approximate surface area is 120 Å². The van der Waals surface area contributed by atoms with E-state index in [2.05, 4.69) is 19.2 Å². The Hall–Kier alpha value is -0.580. The van der Waals surface area contributed by atoms with Crippen LogP contribution >= 0.6 is 11.6 Å². The van der Waals surface area contributed by atoms with Gasteiger partial charge in [-0.3, -0.25) is 0 Å². The van der Waals surface area contributed by atoms with Crippen LogP contribution in [0.4, 0.5) is 0 Å². The van der Waals surface area contributed by atoms with Crippen molar-refractivity contribution in [2.24, 2.45) is 5.92 Å². The van der Waals surface area contributed by atoms with Crippen molar-refractivity contribution in [3.05, 3.63) is 34.9 Å². The van der Waals surface area contributed by atoms with E-state index in [0.717, 1.165) is 10.6 Å². The SMILES string of the molecule is CC(C)C(NC1CCS(=O)(=O)C1)c1ccc(Cl)cc1. The molecule has 0 aromatic heterocycles. The third kappa shape index (κ3) is 3.94. The number of halogens is 1. The van der Waals surface area contributed by atoms with Gasteiger partial charge in [0, 0.05) is 17.1 Å². The van der Waals surface area contributed by atoms with Crippen molar-refractivity contribution < 1.29 is 8.42 Å². The summed E-state index contributed by atoms with van der Waals surface area (Å²) in [6, 6.07) is 7.98. The molecule has 1 aromatic rings. The maximum absolute atomic E-state index is 11.5. The van der Waals surface area contributed by atoms with Gasteiger partial charge in [0.1, 0.15) is 0 Å². The molecule has 2 unspecified atom stereocenters. The Morgan fingerprint density at radius 2 is 1.89 bits per heavy atom. The minimum atomic E-state index is -2.84. The molecular formula is C14H20ClNO2S. The number of sulfone groups is 1. The Bertz CT molecular complexity index is 525. The summed E-state index contributed by atoms with van der Waals surface area (Å²) in [5.74, 6) is 0.949. The van der Waals surface area contributed by atoms with Gasteiger partial charge in [0.15, 0.2) is 9.84 Å². The second kappa shape index (κ2) is 5.81. The number of nitrogens with one attached hydrogen (secondary N) is 1. The Morgan fingerprint density at radius 1 is 1.26 bits per heavy atom. The van der Waals surface area contributed by atoms with E-state index in [1.54, 1.807) is 0 Å². The standard InChI is InChI=1S/C14H20ClNO2S/c1-10(2)14(11-3-5-12(15)6-4-11)16-13-7-8-19(17,18)9-13/h3-6,10,13-14,16H,7-9H2,1-2H3. The van der Waals surface area contributed by atoms with Crippen LogP contribution in [0.1, 0.15) is 31.9 Å². The first-order valence-corrected chi connectivity index (χ1v) is 8.79. The molecule has 0 radical (unpaired) electrons. The monoisotopic (exact) mass is 301 g/mol. The fourth-order valence-corrected chi connectivity index (χ4v) is 4.34. The lowest BCUT2D eigenvalue weighted by Crippen LogP contribution is -2.36. The lowest BCUT2D eigenvalue weighted by atomic mass is 9.95. The molecule has 3 nitrogen and oxygen atoms in total. The van der Waals surface area contributed by atoms with Gasteiger partial charge in [-0.25, -0.2) is 8.42 Å². The number of rotatable bonds is 4. The fourth-order valence-electron chi connectivity index (χ4n) is 2.52. The van der Waals surface area contributed by atoms with Crippen molar-refractivity contribution >= 4 is 21.4 Å². The van der Waals surface area contributed by atoms with Crippen LogP contribution in [-0.2, 0) is 9.84 Å². The molecule has 19 heavy (non-hydrogen) atoms. The zero-order chi connectivity index (χ0) is 14.0. The highest BCUT2D eigenvalue weighted by molar-refractivity contribution is 7.91. The van der Waals surface area contributed by atoms with Gasteiger partial charge in [-0.2, -0.15) is 0 Å². The van der Waals surface area contributed by atoms with Gasteiger partial charge in [0.25, 0.3) is 0 Å². The minimum absolute atomic E-state index is 0.0630. The van der Waals surface area contributed by atoms with E-state index in [1.807, 2.05) is 24.3 Å². The average molecular weight is 302 g/mol. The molecule has 0 spiro atoms. The zero-order valence-corrected chi connectivity index (χ0v) is 12.8. The second-order valence-corrected chi connectivity index (χ2v) is 8.21. The molecule has 1 aromatic carbocycles. The topological polar surface area (TPSA) is 46.2 Å². The van der Waals surface area contributed by atoms with Gasteiger partial charge in [-0.05, 0) is 30.0 Å².